The fraction of sp³-hybridized carbons (Fsp3) is 0.417. The predicted molar refractivity (Wildman–Crippen MR) is 123 cm³/mol. The number of amides is 2. The largest absolute Gasteiger partial charge is 0.345 e. The monoisotopic (exact) mass is 455 g/mol. The normalized spacial score (nSPS) is 21.8. The molecule has 32 heavy (non-hydrogen) atoms. The first-order valence-corrected chi connectivity index (χ1v) is 12.9. The van der Waals surface area contributed by atoms with Crippen molar-refractivity contribution in [3.8, 4) is 0 Å². The van der Waals surface area contributed by atoms with Crippen LogP contribution in [0.1, 0.15) is 34.8 Å². The molecule has 0 spiro atoms. The van der Waals surface area contributed by atoms with E-state index in [9.17, 15) is 18.0 Å². The van der Waals surface area contributed by atoms with E-state index >= 15 is 0 Å². The molecule has 2 heterocycles. The molecule has 2 aromatic rings. The summed E-state index contributed by atoms with van der Waals surface area (Å²) >= 11 is 0. The quantitative estimate of drug-likeness (QED) is 0.719. The SMILES string of the molecule is O=C(N[C@@H](CC(=O)N1CCN([C@H]2CCS(=O)(=O)C2)CC1)c1ccccc1)c1ccccc1. The molecule has 0 saturated carbocycles. The van der Waals surface area contributed by atoms with Crippen LogP contribution in [0.5, 0.6) is 0 Å². The number of sulfone groups is 1. The molecule has 7 nitrogen and oxygen atoms in total. The molecule has 4 rings (SSSR count). The molecule has 1 N–H and O–H groups in total. The smallest absolute Gasteiger partial charge is 0.251 e. The van der Waals surface area contributed by atoms with Crippen molar-refractivity contribution in [3.63, 3.8) is 0 Å². The number of piperazine rings is 1. The number of rotatable bonds is 6. The van der Waals surface area contributed by atoms with E-state index in [0.717, 1.165) is 5.56 Å². The summed E-state index contributed by atoms with van der Waals surface area (Å²) in [4.78, 5) is 29.8. The summed E-state index contributed by atoms with van der Waals surface area (Å²) in [6.07, 6.45) is 0.859. The second-order valence-corrected chi connectivity index (χ2v) is 10.7. The van der Waals surface area contributed by atoms with Gasteiger partial charge in [-0.15, -0.1) is 0 Å². The Morgan fingerprint density at radius 2 is 1.56 bits per heavy atom. The van der Waals surface area contributed by atoms with E-state index in [2.05, 4.69) is 10.2 Å². The molecular weight excluding hydrogens is 426 g/mol. The van der Waals surface area contributed by atoms with Crippen molar-refractivity contribution in [1.82, 2.24) is 15.1 Å². The van der Waals surface area contributed by atoms with E-state index in [0.29, 0.717) is 38.2 Å². The van der Waals surface area contributed by atoms with Gasteiger partial charge in [-0.05, 0) is 24.1 Å². The highest BCUT2D eigenvalue weighted by Crippen LogP contribution is 2.22. The highest BCUT2D eigenvalue weighted by atomic mass is 32.2. The van der Waals surface area contributed by atoms with E-state index in [1.54, 1.807) is 12.1 Å². The van der Waals surface area contributed by atoms with Gasteiger partial charge >= 0.3 is 0 Å². The maximum absolute atomic E-state index is 13.1. The molecule has 0 aromatic heterocycles. The summed E-state index contributed by atoms with van der Waals surface area (Å²) in [5.41, 5.74) is 1.45. The van der Waals surface area contributed by atoms with Crippen LogP contribution in [0.3, 0.4) is 0 Å². The van der Waals surface area contributed by atoms with Crippen molar-refractivity contribution in [2.24, 2.45) is 0 Å². The Morgan fingerprint density at radius 3 is 2.16 bits per heavy atom. The zero-order valence-electron chi connectivity index (χ0n) is 18.0. The van der Waals surface area contributed by atoms with Gasteiger partial charge < -0.3 is 10.2 Å². The number of hydrogen-bond donors (Lipinski definition) is 1. The Labute approximate surface area is 189 Å². The number of nitrogens with one attached hydrogen (secondary N) is 1. The minimum atomic E-state index is -2.92. The average molecular weight is 456 g/mol. The first-order valence-electron chi connectivity index (χ1n) is 11.0. The van der Waals surface area contributed by atoms with Crippen molar-refractivity contribution < 1.29 is 18.0 Å². The van der Waals surface area contributed by atoms with Gasteiger partial charge in [0.2, 0.25) is 5.91 Å². The fourth-order valence-electron chi connectivity index (χ4n) is 4.47. The van der Waals surface area contributed by atoms with Crippen LogP contribution in [0.2, 0.25) is 0 Å². The average Bonchev–Trinajstić information content (AvgIpc) is 3.19. The molecule has 0 radical (unpaired) electrons. The van der Waals surface area contributed by atoms with Crippen molar-refractivity contribution >= 4 is 21.7 Å². The van der Waals surface area contributed by atoms with Gasteiger partial charge in [-0.25, -0.2) is 8.42 Å². The van der Waals surface area contributed by atoms with E-state index in [1.165, 1.54) is 0 Å². The zero-order valence-corrected chi connectivity index (χ0v) is 18.8. The molecule has 0 bridgehead atoms. The molecule has 2 fully saturated rings. The van der Waals surface area contributed by atoms with E-state index in [1.807, 2.05) is 53.4 Å². The molecule has 2 atom stereocenters. The zero-order chi connectivity index (χ0) is 22.6. The molecule has 2 aromatic carbocycles. The van der Waals surface area contributed by atoms with Gasteiger partial charge in [-0.2, -0.15) is 0 Å². The molecule has 2 aliphatic heterocycles. The standard InChI is InChI=1S/C24H29N3O4S/c28-23(27-14-12-26(13-15-27)21-11-16-32(30,31)18-21)17-22(19-7-3-1-4-8-19)25-24(29)20-9-5-2-6-10-20/h1-10,21-22H,11-18H2,(H,25,29)/t21-,22-/m0/s1. The lowest BCUT2D eigenvalue weighted by atomic mass is 10.0. The summed E-state index contributed by atoms with van der Waals surface area (Å²) in [6, 6.07) is 18.2. The molecule has 0 unspecified atom stereocenters. The Morgan fingerprint density at radius 1 is 0.938 bits per heavy atom. The molecular formula is C24H29N3O4S. The van der Waals surface area contributed by atoms with Crippen LogP contribution >= 0.6 is 0 Å². The Hall–Kier alpha value is -2.71. The topological polar surface area (TPSA) is 86.8 Å². The van der Waals surface area contributed by atoms with Gasteiger partial charge in [0.25, 0.3) is 5.91 Å². The lowest BCUT2D eigenvalue weighted by Gasteiger charge is -2.38. The van der Waals surface area contributed by atoms with Gasteiger partial charge in [0.1, 0.15) is 0 Å². The third kappa shape index (κ3) is 5.55. The summed E-state index contributed by atoms with van der Waals surface area (Å²) in [5, 5.41) is 3.02. The summed E-state index contributed by atoms with van der Waals surface area (Å²) in [5.74, 6) is 0.268. The maximum atomic E-state index is 13.1. The van der Waals surface area contributed by atoms with Crippen molar-refractivity contribution in [3.05, 3.63) is 71.8 Å². The lowest BCUT2D eigenvalue weighted by molar-refractivity contribution is -0.133. The van der Waals surface area contributed by atoms with Gasteiger partial charge in [-0.3, -0.25) is 14.5 Å². The minimum absolute atomic E-state index is 0.00842. The Balaban J connectivity index is 1.38. The first kappa shape index (κ1) is 22.5. The molecule has 2 aliphatic rings. The third-order valence-electron chi connectivity index (χ3n) is 6.31. The first-order chi connectivity index (χ1) is 15.4. The number of nitrogens with zero attached hydrogens (tertiary/aromatic N) is 2. The second-order valence-electron chi connectivity index (χ2n) is 8.48. The van der Waals surface area contributed by atoms with Crippen LogP contribution < -0.4 is 5.32 Å². The van der Waals surface area contributed by atoms with E-state index < -0.39 is 15.9 Å². The molecule has 0 aliphatic carbocycles. The van der Waals surface area contributed by atoms with Gasteiger partial charge in [0.15, 0.2) is 9.84 Å². The van der Waals surface area contributed by atoms with Crippen molar-refractivity contribution in [1.29, 1.82) is 0 Å². The van der Waals surface area contributed by atoms with Gasteiger partial charge in [0.05, 0.1) is 24.0 Å². The summed E-state index contributed by atoms with van der Waals surface area (Å²) in [7, 11) is -2.92. The van der Waals surface area contributed by atoms with Crippen molar-refractivity contribution in [2.75, 3.05) is 37.7 Å². The maximum Gasteiger partial charge on any atom is 0.251 e. The molecule has 2 saturated heterocycles. The van der Waals surface area contributed by atoms with Crippen LogP contribution in [0.15, 0.2) is 60.7 Å². The van der Waals surface area contributed by atoms with Crippen LogP contribution in [-0.4, -0.2) is 73.8 Å². The number of hydrogen-bond acceptors (Lipinski definition) is 5. The van der Waals surface area contributed by atoms with Crippen LogP contribution in [-0.2, 0) is 14.6 Å². The van der Waals surface area contributed by atoms with Gasteiger partial charge in [0, 0.05) is 37.8 Å². The van der Waals surface area contributed by atoms with E-state index in [-0.39, 0.29) is 35.8 Å². The highest BCUT2D eigenvalue weighted by molar-refractivity contribution is 7.91. The Kier molecular flexibility index (Phi) is 6.91. The van der Waals surface area contributed by atoms with Gasteiger partial charge in [-0.1, -0.05) is 48.5 Å². The Bertz CT molecular complexity index is 1040. The van der Waals surface area contributed by atoms with E-state index in [4.69, 9.17) is 0 Å². The van der Waals surface area contributed by atoms with Crippen LogP contribution in [0.25, 0.3) is 0 Å². The summed E-state index contributed by atoms with van der Waals surface area (Å²) in [6.45, 7) is 2.50. The number of carbonyl (C=O) groups is 2. The highest BCUT2D eigenvalue weighted by Gasteiger charge is 2.34. The number of benzene rings is 2. The molecule has 2 amide bonds. The van der Waals surface area contributed by atoms with Crippen molar-refractivity contribution in [2.45, 2.75) is 24.9 Å². The fourth-order valence-corrected chi connectivity index (χ4v) is 6.23. The minimum Gasteiger partial charge on any atom is -0.345 e. The summed E-state index contributed by atoms with van der Waals surface area (Å²) < 4.78 is 23.6. The van der Waals surface area contributed by atoms with Crippen LogP contribution in [0, 0.1) is 0 Å². The lowest BCUT2D eigenvalue weighted by Crippen LogP contribution is -2.52. The second kappa shape index (κ2) is 9.83. The molecule has 8 heteroatoms. The number of carbonyl (C=O) groups excluding carboxylic acids is 2. The predicted octanol–water partition coefficient (Wildman–Crippen LogP) is 1.88. The third-order valence-corrected chi connectivity index (χ3v) is 8.06. The molecule has 170 valence electrons. The van der Waals surface area contributed by atoms with Crippen LogP contribution in [0.4, 0.5) is 0 Å².